The van der Waals surface area contributed by atoms with E-state index in [1.807, 2.05) is 25.7 Å². The lowest BCUT2D eigenvalue weighted by Crippen LogP contribution is -2.50. The van der Waals surface area contributed by atoms with Crippen molar-refractivity contribution < 1.29 is 14.7 Å². The van der Waals surface area contributed by atoms with Crippen molar-refractivity contribution in [2.75, 3.05) is 26.2 Å². The summed E-state index contributed by atoms with van der Waals surface area (Å²) in [5, 5.41) is 14.7. The number of nitrogens with zero attached hydrogens (tertiary/aromatic N) is 1. The van der Waals surface area contributed by atoms with Crippen LogP contribution >= 0.6 is 0 Å². The minimum absolute atomic E-state index is 0.0205. The lowest BCUT2D eigenvalue weighted by molar-refractivity contribution is -0.128. The Morgan fingerprint density at radius 1 is 1.19 bits per heavy atom. The van der Waals surface area contributed by atoms with Crippen LogP contribution in [0.25, 0.3) is 0 Å². The highest BCUT2D eigenvalue weighted by atomic mass is 16.3. The van der Waals surface area contributed by atoms with Crippen LogP contribution in [0.2, 0.25) is 0 Å². The Bertz CT molecular complexity index is 351. The first-order valence-corrected chi connectivity index (χ1v) is 7.80. The molecule has 21 heavy (non-hydrogen) atoms. The van der Waals surface area contributed by atoms with E-state index >= 15 is 0 Å². The quantitative estimate of drug-likeness (QED) is 0.665. The van der Waals surface area contributed by atoms with E-state index in [2.05, 4.69) is 10.6 Å². The fraction of sp³-hybridized carbons (Fsp3) is 0.867. The van der Waals surface area contributed by atoms with E-state index in [1.54, 1.807) is 0 Å². The first-order valence-electron chi connectivity index (χ1n) is 7.80. The molecule has 6 nitrogen and oxygen atoms in total. The zero-order valence-electron chi connectivity index (χ0n) is 13.4. The van der Waals surface area contributed by atoms with Crippen LogP contribution in [0.15, 0.2) is 0 Å². The molecule has 0 aliphatic carbocycles. The van der Waals surface area contributed by atoms with Crippen molar-refractivity contribution in [1.82, 2.24) is 15.5 Å². The van der Waals surface area contributed by atoms with Crippen LogP contribution < -0.4 is 10.6 Å². The summed E-state index contributed by atoms with van der Waals surface area (Å²) >= 11 is 0. The Labute approximate surface area is 127 Å². The van der Waals surface area contributed by atoms with Crippen molar-refractivity contribution in [2.24, 2.45) is 5.41 Å². The zero-order valence-corrected chi connectivity index (χ0v) is 13.4. The van der Waals surface area contributed by atoms with E-state index in [-0.39, 0.29) is 24.6 Å². The molecule has 1 aliphatic rings. The average Bonchev–Trinajstić information content (AvgIpc) is 2.43. The highest BCUT2D eigenvalue weighted by Gasteiger charge is 2.26. The van der Waals surface area contributed by atoms with E-state index in [0.29, 0.717) is 19.5 Å². The number of hydrogen-bond donors (Lipinski definition) is 3. The number of nitrogens with one attached hydrogen (secondary N) is 2. The second-order valence-electron chi connectivity index (χ2n) is 6.59. The van der Waals surface area contributed by atoms with Gasteiger partial charge in [-0.2, -0.15) is 0 Å². The second kappa shape index (κ2) is 8.22. The third-order valence-electron chi connectivity index (χ3n) is 3.72. The monoisotopic (exact) mass is 299 g/mol. The van der Waals surface area contributed by atoms with Gasteiger partial charge in [-0.1, -0.05) is 20.8 Å². The van der Waals surface area contributed by atoms with Gasteiger partial charge in [0.15, 0.2) is 0 Å². The number of aliphatic hydroxyl groups is 1. The van der Waals surface area contributed by atoms with Gasteiger partial charge in [0.25, 0.3) is 0 Å². The lowest BCUT2D eigenvalue weighted by Gasteiger charge is -2.35. The van der Waals surface area contributed by atoms with Gasteiger partial charge < -0.3 is 20.6 Å². The van der Waals surface area contributed by atoms with Gasteiger partial charge in [-0.25, -0.2) is 4.79 Å². The summed E-state index contributed by atoms with van der Waals surface area (Å²) < 4.78 is 0. The van der Waals surface area contributed by atoms with E-state index in [1.165, 1.54) is 0 Å². The van der Waals surface area contributed by atoms with Crippen molar-refractivity contribution >= 4 is 11.9 Å². The molecule has 122 valence electrons. The molecule has 1 fully saturated rings. The first kappa shape index (κ1) is 17.8. The predicted octanol–water partition coefficient (Wildman–Crippen LogP) is 1.10. The van der Waals surface area contributed by atoms with Gasteiger partial charge in [0.05, 0.1) is 0 Å². The van der Waals surface area contributed by atoms with Gasteiger partial charge in [0, 0.05) is 37.7 Å². The standard InChI is InChI=1S/C15H29N3O3/c1-15(2,3)13(20)16-8-9-17-14(21)18-10-5-4-6-12(18)7-11-19/h12,19H,4-11H2,1-3H3,(H,16,20)(H,17,21). The number of piperidine rings is 1. The molecule has 1 atom stereocenters. The smallest absolute Gasteiger partial charge is 0.317 e. The lowest BCUT2D eigenvalue weighted by atomic mass is 9.96. The van der Waals surface area contributed by atoms with Gasteiger partial charge in [0.1, 0.15) is 0 Å². The number of hydrogen-bond acceptors (Lipinski definition) is 3. The summed E-state index contributed by atoms with van der Waals surface area (Å²) in [6.07, 6.45) is 3.70. The minimum atomic E-state index is -0.414. The van der Waals surface area contributed by atoms with Gasteiger partial charge in [-0.3, -0.25) is 4.79 Å². The highest BCUT2D eigenvalue weighted by molar-refractivity contribution is 5.81. The molecule has 0 radical (unpaired) electrons. The van der Waals surface area contributed by atoms with Crippen molar-refractivity contribution in [3.8, 4) is 0 Å². The molecule has 1 aliphatic heterocycles. The van der Waals surface area contributed by atoms with E-state index in [0.717, 1.165) is 25.8 Å². The Morgan fingerprint density at radius 3 is 2.48 bits per heavy atom. The summed E-state index contributed by atoms with van der Waals surface area (Å²) in [7, 11) is 0. The maximum Gasteiger partial charge on any atom is 0.317 e. The number of carbonyl (C=O) groups is 2. The number of amides is 3. The van der Waals surface area contributed by atoms with E-state index in [4.69, 9.17) is 5.11 Å². The normalized spacial score (nSPS) is 19.2. The number of likely N-dealkylation sites (tertiary alicyclic amines) is 1. The number of urea groups is 1. The molecule has 1 saturated heterocycles. The van der Waals surface area contributed by atoms with Crippen LogP contribution in [0.4, 0.5) is 4.79 Å². The fourth-order valence-electron chi connectivity index (χ4n) is 2.43. The van der Waals surface area contributed by atoms with Gasteiger partial charge in [-0.05, 0) is 25.7 Å². The van der Waals surface area contributed by atoms with Crippen molar-refractivity contribution in [3.05, 3.63) is 0 Å². The molecule has 6 heteroatoms. The molecule has 0 aromatic rings. The van der Waals surface area contributed by atoms with E-state index in [9.17, 15) is 9.59 Å². The summed E-state index contributed by atoms with van der Waals surface area (Å²) in [5.41, 5.74) is -0.414. The summed E-state index contributed by atoms with van der Waals surface area (Å²) in [5.74, 6) is -0.0205. The van der Waals surface area contributed by atoms with Gasteiger partial charge >= 0.3 is 6.03 Å². The molecule has 0 aromatic carbocycles. The van der Waals surface area contributed by atoms with Crippen LogP contribution in [0, 0.1) is 5.41 Å². The highest BCUT2D eigenvalue weighted by Crippen LogP contribution is 2.19. The van der Waals surface area contributed by atoms with Crippen LogP contribution in [-0.4, -0.2) is 54.2 Å². The molecule has 1 unspecified atom stereocenters. The van der Waals surface area contributed by atoms with E-state index < -0.39 is 5.41 Å². The molecular formula is C15H29N3O3. The topological polar surface area (TPSA) is 81.7 Å². The SMILES string of the molecule is CC(C)(C)C(=O)NCCNC(=O)N1CCCCC1CCO. The van der Waals surface area contributed by atoms with Crippen molar-refractivity contribution in [1.29, 1.82) is 0 Å². The van der Waals surface area contributed by atoms with Crippen LogP contribution in [-0.2, 0) is 4.79 Å². The van der Waals surface area contributed by atoms with Crippen LogP contribution in [0.5, 0.6) is 0 Å². The molecule has 3 amide bonds. The molecule has 0 spiro atoms. The number of rotatable bonds is 5. The third kappa shape index (κ3) is 5.91. The Morgan fingerprint density at radius 2 is 1.86 bits per heavy atom. The fourth-order valence-corrected chi connectivity index (χ4v) is 2.43. The van der Waals surface area contributed by atoms with Crippen LogP contribution in [0.1, 0.15) is 46.5 Å². The summed E-state index contributed by atoms with van der Waals surface area (Å²) in [6.45, 7) is 7.26. The van der Waals surface area contributed by atoms with Gasteiger partial charge in [-0.15, -0.1) is 0 Å². The number of carbonyl (C=O) groups excluding carboxylic acids is 2. The maximum atomic E-state index is 12.1. The average molecular weight is 299 g/mol. The zero-order chi connectivity index (χ0) is 15.9. The number of aliphatic hydroxyl groups excluding tert-OH is 1. The Hall–Kier alpha value is -1.30. The van der Waals surface area contributed by atoms with Gasteiger partial charge in [0.2, 0.25) is 5.91 Å². The maximum absolute atomic E-state index is 12.1. The van der Waals surface area contributed by atoms with Crippen molar-refractivity contribution in [2.45, 2.75) is 52.5 Å². The molecule has 0 saturated carbocycles. The molecule has 3 N–H and O–H groups in total. The predicted molar refractivity (Wildman–Crippen MR) is 81.9 cm³/mol. The second-order valence-corrected chi connectivity index (χ2v) is 6.59. The van der Waals surface area contributed by atoms with Crippen molar-refractivity contribution in [3.63, 3.8) is 0 Å². The third-order valence-corrected chi connectivity index (χ3v) is 3.72. The Balaban J connectivity index is 2.31. The molecule has 0 aromatic heterocycles. The Kier molecular flexibility index (Phi) is 6.95. The molecular weight excluding hydrogens is 270 g/mol. The molecule has 1 heterocycles. The minimum Gasteiger partial charge on any atom is -0.396 e. The first-order chi connectivity index (χ1) is 9.86. The summed E-state index contributed by atoms with van der Waals surface area (Å²) in [4.78, 5) is 25.6. The molecule has 0 bridgehead atoms. The summed E-state index contributed by atoms with van der Waals surface area (Å²) in [6, 6.07) is 0.0334. The molecule has 1 rings (SSSR count). The van der Waals surface area contributed by atoms with Crippen LogP contribution in [0.3, 0.4) is 0 Å². The largest absolute Gasteiger partial charge is 0.396 e.